The normalized spacial score (nSPS) is 22.9. The van der Waals surface area contributed by atoms with Crippen molar-refractivity contribution in [1.82, 2.24) is 15.5 Å². The van der Waals surface area contributed by atoms with Gasteiger partial charge in [-0.1, -0.05) is 12.1 Å². The van der Waals surface area contributed by atoms with Gasteiger partial charge in [0, 0.05) is 25.2 Å². The number of aliphatic hydroxyl groups excluding tert-OH is 1. The van der Waals surface area contributed by atoms with E-state index in [1.54, 1.807) is 11.0 Å². The molecule has 0 radical (unpaired) electrons. The molecule has 2 fully saturated rings. The van der Waals surface area contributed by atoms with E-state index in [-0.39, 0.29) is 17.1 Å². The van der Waals surface area contributed by atoms with Gasteiger partial charge in [0.2, 0.25) is 0 Å². The van der Waals surface area contributed by atoms with Crippen LogP contribution >= 0.6 is 0 Å². The number of carbonyl (C=O) groups is 2. The SMILES string of the molecule is O=C1NC(=O)/C(=C(/O)N2CCCCC2)C(c2cccc([N+](=O)[O-])c2)N1. The quantitative estimate of drug-likeness (QED) is 0.331. The van der Waals surface area contributed by atoms with Crippen molar-refractivity contribution in [2.45, 2.75) is 25.3 Å². The highest BCUT2D eigenvalue weighted by Gasteiger charge is 2.36. The summed E-state index contributed by atoms with van der Waals surface area (Å²) in [6, 6.07) is 3.98. The summed E-state index contributed by atoms with van der Waals surface area (Å²) in [4.78, 5) is 36.2. The number of nitro benzene ring substituents is 1. The van der Waals surface area contributed by atoms with E-state index in [0.29, 0.717) is 18.7 Å². The first-order valence-corrected chi connectivity index (χ1v) is 8.01. The second-order valence-electron chi connectivity index (χ2n) is 6.00. The molecule has 0 bridgehead atoms. The Morgan fingerprint density at radius 3 is 2.64 bits per heavy atom. The molecule has 3 N–H and O–H groups in total. The number of aliphatic hydroxyl groups is 1. The highest BCUT2D eigenvalue weighted by atomic mass is 16.6. The van der Waals surface area contributed by atoms with Crippen molar-refractivity contribution in [1.29, 1.82) is 0 Å². The van der Waals surface area contributed by atoms with Gasteiger partial charge in [-0.05, 0) is 24.8 Å². The van der Waals surface area contributed by atoms with E-state index < -0.39 is 22.9 Å². The number of benzene rings is 1. The van der Waals surface area contributed by atoms with Crippen molar-refractivity contribution >= 4 is 17.6 Å². The molecule has 2 saturated heterocycles. The standard InChI is InChI=1S/C16H18N4O5/c21-14-12(15(22)19-7-2-1-3-8-19)13(17-16(23)18-14)10-5-4-6-11(9-10)20(24)25/h4-6,9,13,22H,1-3,7-8H2,(H2,17,18,21,23)/b15-12+. The maximum Gasteiger partial charge on any atom is 0.322 e. The van der Waals surface area contributed by atoms with Crippen LogP contribution in [0.5, 0.6) is 0 Å². The molecule has 132 valence electrons. The topological polar surface area (TPSA) is 125 Å². The van der Waals surface area contributed by atoms with Crippen LogP contribution in [0.25, 0.3) is 0 Å². The van der Waals surface area contributed by atoms with Gasteiger partial charge in [-0.25, -0.2) is 4.79 Å². The van der Waals surface area contributed by atoms with Gasteiger partial charge in [-0.3, -0.25) is 20.2 Å². The molecule has 2 aliphatic rings. The molecule has 3 amide bonds. The van der Waals surface area contributed by atoms with Gasteiger partial charge in [0.1, 0.15) is 5.57 Å². The minimum Gasteiger partial charge on any atom is -0.494 e. The molecule has 9 nitrogen and oxygen atoms in total. The van der Waals surface area contributed by atoms with E-state index in [1.807, 2.05) is 0 Å². The first kappa shape index (κ1) is 16.7. The van der Waals surface area contributed by atoms with Gasteiger partial charge >= 0.3 is 6.03 Å². The first-order chi connectivity index (χ1) is 12.0. The summed E-state index contributed by atoms with van der Waals surface area (Å²) in [5, 5.41) is 26.3. The summed E-state index contributed by atoms with van der Waals surface area (Å²) >= 11 is 0. The molecule has 0 aromatic heterocycles. The lowest BCUT2D eigenvalue weighted by atomic mass is 9.95. The monoisotopic (exact) mass is 346 g/mol. The predicted octanol–water partition coefficient (Wildman–Crippen LogP) is 1.73. The van der Waals surface area contributed by atoms with E-state index >= 15 is 0 Å². The fourth-order valence-corrected chi connectivity index (χ4v) is 3.12. The molecular weight excluding hydrogens is 328 g/mol. The van der Waals surface area contributed by atoms with Crippen LogP contribution < -0.4 is 10.6 Å². The van der Waals surface area contributed by atoms with Crippen LogP contribution in [0.2, 0.25) is 0 Å². The third-order valence-electron chi connectivity index (χ3n) is 4.35. The smallest absolute Gasteiger partial charge is 0.322 e. The summed E-state index contributed by atoms with van der Waals surface area (Å²) in [5.74, 6) is -0.906. The van der Waals surface area contributed by atoms with Crippen molar-refractivity contribution in [2.24, 2.45) is 0 Å². The van der Waals surface area contributed by atoms with Crippen LogP contribution in [0.15, 0.2) is 35.7 Å². The van der Waals surface area contributed by atoms with Gasteiger partial charge in [0.15, 0.2) is 5.88 Å². The van der Waals surface area contributed by atoms with Crippen LogP contribution in [-0.2, 0) is 4.79 Å². The lowest BCUT2D eigenvalue weighted by Crippen LogP contribution is -2.51. The van der Waals surface area contributed by atoms with Crippen molar-refractivity contribution < 1.29 is 19.6 Å². The summed E-state index contributed by atoms with van der Waals surface area (Å²) < 4.78 is 0. The zero-order valence-electron chi connectivity index (χ0n) is 13.4. The highest BCUT2D eigenvalue weighted by Crippen LogP contribution is 2.30. The van der Waals surface area contributed by atoms with Crippen molar-refractivity contribution in [2.75, 3.05) is 13.1 Å². The van der Waals surface area contributed by atoms with E-state index in [4.69, 9.17) is 0 Å². The number of hydrogen-bond donors (Lipinski definition) is 3. The van der Waals surface area contributed by atoms with Crippen molar-refractivity contribution in [3.05, 3.63) is 51.4 Å². The minimum absolute atomic E-state index is 0.0120. The number of nitro groups is 1. The van der Waals surface area contributed by atoms with E-state index in [2.05, 4.69) is 10.6 Å². The van der Waals surface area contributed by atoms with Crippen molar-refractivity contribution in [3.8, 4) is 0 Å². The number of amides is 3. The number of non-ortho nitro benzene ring substituents is 1. The molecule has 0 spiro atoms. The second-order valence-corrected chi connectivity index (χ2v) is 6.00. The maximum absolute atomic E-state index is 12.3. The van der Waals surface area contributed by atoms with Gasteiger partial charge in [-0.2, -0.15) is 0 Å². The van der Waals surface area contributed by atoms with E-state index in [9.17, 15) is 24.8 Å². The van der Waals surface area contributed by atoms with Crippen LogP contribution in [0.3, 0.4) is 0 Å². The van der Waals surface area contributed by atoms with Crippen LogP contribution in [-0.4, -0.2) is 40.0 Å². The third kappa shape index (κ3) is 3.39. The second kappa shape index (κ2) is 6.80. The molecule has 1 aromatic rings. The lowest BCUT2D eigenvalue weighted by molar-refractivity contribution is -0.384. The number of rotatable bonds is 3. The molecular formula is C16H18N4O5. The van der Waals surface area contributed by atoms with Crippen LogP contribution in [0.1, 0.15) is 30.9 Å². The van der Waals surface area contributed by atoms with Gasteiger partial charge in [0.25, 0.3) is 11.6 Å². The number of nitrogens with zero attached hydrogens (tertiary/aromatic N) is 2. The largest absolute Gasteiger partial charge is 0.494 e. The predicted molar refractivity (Wildman–Crippen MR) is 87.6 cm³/mol. The number of imide groups is 1. The molecule has 1 unspecified atom stereocenters. The highest BCUT2D eigenvalue weighted by molar-refractivity contribution is 6.08. The fraction of sp³-hybridized carbons (Fsp3) is 0.375. The summed E-state index contributed by atoms with van der Waals surface area (Å²) in [6.07, 6.45) is 2.84. The fourth-order valence-electron chi connectivity index (χ4n) is 3.12. The molecule has 0 aliphatic carbocycles. The summed E-state index contributed by atoms with van der Waals surface area (Å²) in [7, 11) is 0. The third-order valence-corrected chi connectivity index (χ3v) is 4.35. The zero-order chi connectivity index (χ0) is 18.0. The molecule has 25 heavy (non-hydrogen) atoms. The van der Waals surface area contributed by atoms with Gasteiger partial charge in [0.05, 0.1) is 11.0 Å². The van der Waals surface area contributed by atoms with Crippen LogP contribution in [0.4, 0.5) is 10.5 Å². The Hall–Kier alpha value is -3.10. The Kier molecular flexibility index (Phi) is 4.55. The van der Waals surface area contributed by atoms with Gasteiger partial charge in [-0.15, -0.1) is 0 Å². The molecule has 1 aromatic carbocycles. The summed E-state index contributed by atoms with van der Waals surface area (Å²) in [6.45, 7) is 1.22. The number of likely N-dealkylation sites (tertiary alicyclic amines) is 1. The molecule has 3 rings (SSSR count). The van der Waals surface area contributed by atoms with Crippen molar-refractivity contribution in [3.63, 3.8) is 0 Å². The van der Waals surface area contributed by atoms with E-state index in [0.717, 1.165) is 19.3 Å². The average molecular weight is 346 g/mol. The minimum atomic E-state index is -0.955. The summed E-state index contributed by atoms with van der Waals surface area (Å²) in [5.41, 5.74) is 0.188. The number of nitrogens with one attached hydrogen (secondary N) is 2. The zero-order valence-corrected chi connectivity index (χ0v) is 13.4. The van der Waals surface area contributed by atoms with E-state index in [1.165, 1.54) is 18.2 Å². The lowest BCUT2D eigenvalue weighted by Gasteiger charge is -2.33. The number of carbonyl (C=O) groups excluding carboxylic acids is 2. The Bertz CT molecular complexity index is 755. The Morgan fingerprint density at radius 2 is 1.96 bits per heavy atom. The van der Waals surface area contributed by atoms with Crippen LogP contribution in [0, 0.1) is 10.1 Å². The Labute approximate surface area is 143 Å². The Balaban J connectivity index is 2.03. The molecule has 2 aliphatic heterocycles. The van der Waals surface area contributed by atoms with Gasteiger partial charge < -0.3 is 15.3 Å². The molecule has 9 heteroatoms. The molecule has 0 saturated carbocycles. The number of urea groups is 1. The average Bonchev–Trinajstić information content (AvgIpc) is 2.61. The molecule has 1 atom stereocenters. The maximum atomic E-state index is 12.3. The number of hydrogen-bond acceptors (Lipinski definition) is 6. The molecule has 2 heterocycles. The Morgan fingerprint density at radius 1 is 1.24 bits per heavy atom. The first-order valence-electron chi connectivity index (χ1n) is 8.01. The number of piperidine rings is 1.